The maximum Gasteiger partial charge on any atom is 0.413 e. The number of benzene rings is 4. The van der Waals surface area contributed by atoms with Crippen molar-refractivity contribution in [3.8, 4) is 45.3 Å². The molecular weight excluding hydrogens is 666 g/mol. The summed E-state index contributed by atoms with van der Waals surface area (Å²) in [4.78, 5) is 24.2. The van der Waals surface area contributed by atoms with Gasteiger partial charge in [-0.25, -0.2) is 4.79 Å². The van der Waals surface area contributed by atoms with Gasteiger partial charge in [0.15, 0.2) is 17.7 Å². The van der Waals surface area contributed by atoms with Crippen molar-refractivity contribution in [3.63, 3.8) is 0 Å². The molecule has 6 aromatic rings. The highest BCUT2D eigenvalue weighted by atomic mass is 16.6. The summed E-state index contributed by atoms with van der Waals surface area (Å²) < 4.78 is 31.0. The number of likely N-dealkylation sites (tertiary alicyclic amines) is 1. The second kappa shape index (κ2) is 15.4. The average Bonchev–Trinajstić information content (AvgIpc) is 3.15. The number of rotatable bonds is 10. The number of carbonyl (C=O) groups is 1. The van der Waals surface area contributed by atoms with E-state index in [0.717, 1.165) is 61.3 Å². The van der Waals surface area contributed by atoms with Crippen molar-refractivity contribution in [1.29, 1.82) is 0 Å². The van der Waals surface area contributed by atoms with Crippen molar-refractivity contribution >= 4 is 27.9 Å². The Morgan fingerprint density at radius 3 is 1.70 bits per heavy atom. The molecule has 9 heteroatoms. The number of hydrogen-bond acceptors (Lipinski definition) is 8. The van der Waals surface area contributed by atoms with Crippen molar-refractivity contribution in [2.75, 3.05) is 19.8 Å². The fourth-order valence-corrected chi connectivity index (χ4v) is 6.69. The normalized spacial score (nSPS) is 16.0. The van der Waals surface area contributed by atoms with Gasteiger partial charge in [-0.3, -0.25) is 14.9 Å². The van der Waals surface area contributed by atoms with E-state index in [1.807, 2.05) is 107 Å². The molecule has 2 aromatic heterocycles. The van der Waals surface area contributed by atoms with Gasteiger partial charge in [0.1, 0.15) is 34.2 Å². The first-order valence-electron chi connectivity index (χ1n) is 18.3. The molecule has 2 unspecified atom stereocenters. The molecule has 0 saturated carbocycles. The minimum absolute atomic E-state index is 0.188. The summed E-state index contributed by atoms with van der Waals surface area (Å²) in [6, 6.07) is 32.0. The minimum Gasteiger partial charge on any atom is -0.491 e. The van der Waals surface area contributed by atoms with Gasteiger partial charge in [0.25, 0.3) is 0 Å². The molecule has 0 radical (unpaired) electrons. The van der Waals surface area contributed by atoms with Crippen LogP contribution in [0.2, 0.25) is 0 Å². The molecular formula is C44H45N3O6. The number of ether oxygens (including phenoxy) is 5. The zero-order valence-electron chi connectivity index (χ0n) is 30.9. The Morgan fingerprint density at radius 2 is 1.21 bits per heavy atom. The lowest BCUT2D eigenvalue weighted by molar-refractivity contribution is -0.0568. The third-order valence-electron chi connectivity index (χ3n) is 9.07. The first-order chi connectivity index (χ1) is 25.7. The van der Waals surface area contributed by atoms with E-state index < -0.39 is 17.9 Å². The molecule has 2 atom stereocenters. The van der Waals surface area contributed by atoms with E-state index in [2.05, 4.69) is 34.2 Å². The lowest BCUT2D eigenvalue weighted by Gasteiger charge is -2.39. The fraction of sp³-hybridized carbons (Fsp3) is 0.295. The lowest BCUT2D eigenvalue weighted by Crippen LogP contribution is -2.52. The number of aromatic nitrogens is 2. The minimum atomic E-state index is -0.644. The van der Waals surface area contributed by atoms with E-state index in [1.165, 1.54) is 0 Å². The quantitative estimate of drug-likeness (QED) is 0.139. The van der Waals surface area contributed by atoms with E-state index in [0.29, 0.717) is 38.3 Å². The topological polar surface area (TPSA) is 92.2 Å². The highest BCUT2D eigenvalue weighted by Gasteiger charge is 2.37. The van der Waals surface area contributed by atoms with Crippen molar-refractivity contribution in [2.24, 2.45) is 0 Å². The van der Waals surface area contributed by atoms with Crippen LogP contribution in [-0.2, 0) is 4.74 Å². The number of piperidine rings is 1. The zero-order valence-corrected chi connectivity index (χ0v) is 30.9. The van der Waals surface area contributed by atoms with Gasteiger partial charge in [-0.2, -0.15) is 0 Å². The van der Waals surface area contributed by atoms with Gasteiger partial charge in [0, 0.05) is 53.7 Å². The number of fused-ring (bicyclic) bond motifs is 2. The van der Waals surface area contributed by atoms with Crippen LogP contribution >= 0.6 is 0 Å². The number of carbonyl (C=O) groups excluding carboxylic acids is 1. The van der Waals surface area contributed by atoms with Gasteiger partial charge in [-0.15, -0.1) is 0 Å². The standard InChI is InChI=1S/C44H45N3O6/c1-6-49-41-36(22-16-31-10-8-25-45-39(31)41)29-12-18-33(19-13-29)51-35-24-27-47(43(48)53-44(3,4)5)38(28-35)52-34-20-14-30(15-21-34)37-23-17-32-11-9-26-46-40(32)42(37)50-7-2/h8-23,25-26,35,38H,6-7,24,27-28H2,1-5H3. The Labute approximate surface area is 310 Å². The maximum atomic E-state index is 13.4. The van der Waals surface area contributed by atoms with Crippen molar-refractivity contribution in [2.45, 2.75) is 65.4 Å². The van der Waals surface area contributed by atoms with Gasteiger partial charge in [0.05, 0.1) is 13.2 Å². The highest BCUT2D eigenvalue weighted by molar-refractivity contribution is 5.93. The van der Waals surface area contributed by atoms with Gasteiger partial charge < -0.3 is 23.7 Å². The Hall–Kier alpha value is -5.83. The average molecular weight is 712 g/mol. The summed E-state index contributed by atoms with van der Waals surface area (Å²) in [5.41, 5.74) is 4.92. The van der Waals surface area contributed by atoms with Crippen LogP contribution in [0.5, 0.6) is 23.0 Å². The molecule has 1 fully saturated rings. The van der Waals surface area contributed by atoms with E-state index in [1.54, 1.807) is 17.3 Å². The molecule has 1 amide bonds. The predicted molar refractivity (Wildman–Crippen MR) is 208 cm³/mol. The zero-order chi connectivity index (χ0) is 37.0. The summed E-state index contributed by atoms with van der Waals surface area (Å²) in [5, 5.41) is 2.05. The Bertz CT molecular complexity index is 2200. The highest BCUT2D eigenvalue weighted by Crippen LogP contribution is 2.39. The van der Waals surface area contributed by atoms with Gasteiger partial charge in [0.2, 0.25) is 0 Å². The Kier molecular flexibility index (Phi) is 10.3. The van der Waals surface area contributed by atoms with E-state index in [-0.39, 0.29) is 6.10 Å². The summed E-state index contributed by atoms with van der Waals surface area (Å²) in [6.07, 6.45) is 3.44. The number of amides is 1. The number of pyridine rings is 2. The fourth-order valence-electron chi connectivity index (χ4n) is 6.69. The van der Waals surface area contributed by atoms with Crippen molar-refractivity contribution < 1.29 is 28.5 Å². The Balaban J connectivity index is 1.09. The number of nitrogens with zero attached hydrogens (tertiary/aromatic N) is 3. The summed E-state index contributed by atoms with van der Waals surface area (Å²) in [5.74, 6) is 2.88. The first-order valence-corrected chi connectivity index (χ1v) is 18.3. The molecule has 0 aliphatic carbocycles. The van der Waals surface area contributed by atoms with Gasteiger partial charge >= 0.3 is 6.09 Å². The monoisotopic (exact) mass is 711 g/mol. The molecule has 272 valence electrons. The number of hydrogen-bond donors (Lipinski definition) is 0. The van der Waals surface area contributed by atoms with Gasteiger partial charge in [-0.1, -0.05) is 48.5 Å². The molecule has 3 heterocycles. The molecule has 4 aromatic carbocycles. The third kappa shape index (κ3) is 7.99. The molecule has 0 N–H and O–H groups in total. The molecule has 1 aliphatic rings. The van der Waals surface area contributed by atoms with Crippen LogP contribution < -0.4 is 18.9 Å². The van der Waals surface area contributed by atoms with E-state index >= 15 is 0 Å². The van der Waals surface area contributed by atoms with Crippen LogP contribution in [0.1, 0.15) is 47.5 Å². The molecule has 53 heavy (non-hydrogen) atoms. The second-order valence-electron chi connectivity index (χ2n) is 14.0. The maximum absolute atomic E-state index is 13.4. The smallest absolute Gasteiger partial charge is 0.413 e. The third-order valence-corrected chi connectivity index (χ3v) is 9.07. The molecule has 0 bridgehead atoms. The van der Waals surface area contributed by atoms with Crippen LogP contribution in [0.3, 0.4) is 0 Å². The predicted octanol–water partition coefficient (Wildman–Crippen LogP) is 10.1. The van der Waals surface area contributed by atoms with Crippen LogP contribution in [0, 0.1) is 0 Å². The molecule has 9 nitrogen and oxygen atoms in total. The first kappa shape index (κ1) is 35.6. The van der Waals surface area contributed by atoms with Gasteiger partial charge in [-0.05, 0) is 94.3 Å². The summed E-state index contributed by atoms with van der Waals surface area (Å²) in [7, 11) is 0. The largest absolute Gasteiger partial charge is 0.491 e. The van der Waals surface area contributed by atoms with Crippen molar-refractivity contribution in [1.82, 2.24) is 14.9 Å². The SMILES string of the molecule is CCOc1c(-c2ccc(OC3CCN(C(=O)OC(C)(C)C)C(Oc4ccc(-c5ccc6cccnc6c5OCC)cc4)C3)cc2)ccc2cccnc12. The van der Waals surface area contributed by atoms with E-state index in [4.69, 9.17) is 23.7 Å². The van der Waals surface area contributed by atoms with Crippen LogP contribution in [0.4, 0.5) is 4.79 Å². The lowest BCUT2D eigenvalue weighted by atomic mass is 10.0. The molecule has 1 saturated heterocycles. The van der Waals surface area contributed by atoms with Crippen molar-refractivity contribution in [3.05, 3.63) is 109 Å². The van der Waals surface area contributed by atoms with E-state index in [9.17, 15) is 4.79 Å². The van der Waals surface area contributed by atoms with Crippen LogP contribution in [0.25, 0.3) is 44.1 Å². The molecule has 0 spiro atoms. The molecule has 7 rings (SSSR count). The Morgan fingerprint density at radius 1 is 0.698 bits per heavy atom. The second-order valence-corrected chi connectivity index (χ2v) is 14.0. The molecule has 1 aliphatic heterocycles. The summed E-state index contributed by atoms with van der Waals surface area (Å²) in [6.45, 7) is 11.0. The van der Waals surface area contributed by atoms with Crippen LogP contribution in [0.15, 0.2) is 109 Å². The van der Waals surface area contributed by atoms with Crippen LogP contribution in [-0.4, -0.2) is 58.7 Å². The summed E-state index contributed by atoms with van der Waals surface area (Å²) >= 11 is 0.